The van der Waals surface area contributed by atoms with Crippen LogP contribution in [0, 0.1) is 10.1 Å². The summed E-state index contributed by atoms with van der Waals surface area (Å²) >= 11 is 0. The fraction of sp³-hybridized carbons (Fsp3) is 0.182. The lowest BCUT2D eigenvalue weighted by Crippen LogP contribution is -2.07. The monoisotopic (exact) mass is 237 g/mol. The molecule has 0 saturated heterocycles. The summed E-state index contributed by atoms with van der Waals surface area (Å²) in [6, 6.07) is 5.20. The molecule has 0 aliphatic rings. The smallest absolute Gasteiger partial charge is 0.269 e. The number of Topliss-reactive ketones (excluding diaryl/α,β-unsaturated/α-hetero) is 1. The topological polar surface area (TPSA) is 89.7 Å². The summed E-state index contributed by atoms with van der Waals surface area (Å²) in [6.45, 7) is 2.57. The van der Waals surface area contributed by atoms with Gasteiger partial charge in [-0.3, -0.25) is 14.9 Å². The Bertz CT molecular complexity index is 471. The molecule has 0 atom stereocenters. The summed E-state index contributed by atoms with van der Waals surface area (Å²) < 4.78 is 5.13. The van der Waals surface area contributed by atoms with Crippen molar-refractivity contribution in [3.63, 3.8) is 0 Å². The number of nitro benzene ring substituents is 1. The molecular formula is C11H11NO5. The van der Waals surface area contributed by atoms with Gasteiger partial charge in [0.1, 0.15) is 11.5 Å². The molecule has 0 bridgehead atoms. The fourth-order valence-corrected chi connectivity index (χ4v) is 1.15. The summed E-state index contributed by atoms with van der Waals surface area (Å²) in [5, 5.41) is 19.6. The number of carbonyl (C=O) groups is 1. The van der Waals surface area contributed by atoms with Gasteiger partial charge in [-0.1, -0.05) is 0 Å². The predicted octanol–water partition coefficient (Wildman–Crippen LogP) is 2.35. The fourth-order valence-electron chi connectivity index (χ4n) is 1.15. The summed E-state index contributed by atoms with van der Waals surface area (Å²) in [5.41, 5.74) is -0.0774. The number of non-ortho nitro benzene ring substituents is 1. The molecule has 1 N–H and O–H groups in total. The highest BCUT2D eigenvalue weighted by molar-refractivity contribution is 5.92. The van der Waals surface area contributed by atoms with Crippen molar-refractivity contribution in [3.8, 4) is 5.75 Å². The van der Waals surface area contributed by atoms with E-state index in [0.29, 0.717) is 0 Å². The van der Waals surface area contributed by atoms with E-state index in [1.807, 2.05) is 0 Å². The number of hydrogen-bond acceptors (Lipinski definition) is 5. The first kappa shape index (κ1) is 12.7. The van der Waals surface area contributed by atoms with Gasteiger partial charge in [0.15, 0.2) is 5.78 Å². The number of ether oxygens (including phenoxy) is 1. The Morgan fingerprint density at radius 2 is 1.82 bits per heavy atom. The van der Waals surface area contributed by atoms with Gasteiger partial charge < -0.3 is 9.84 Å². The van der Waals surface area contributed by atoms with Crippen LogP contribution in [0.2, 0.25) is 0 Å². The van der Waals surface area contributed by atoms with Crippen molar-refractivity contribution < 1.29 is 19.6 Å². The Morgan fingerprint density at radius 3 is 2.18 bits per heavy atom. The van der Waals surface area contributed by atoms with Gasteiger partial charge in [-0.25, -0.2) is 0 Å². The molecule has 0 heterocycles. The van der Waals surface area contributed by atoms with E-state index < -0.39 is 10.7 Å². The van der Waals surface area contributed by atoms with Gasteiger partial charge in [0.25, 0.3) is 5.69 Å². The van der Waals surface area contributed by atoms with Crippen LogP contribution >= 0.6 is 0 Å². The van der Waals surface area contributed by atoms with Gasteiger partial charge in [0.2, 0.25) is 5.76 Å². The predicted molar refractivity (Wildman–Crippen MR) is 59.7 cm³/mol. The number of aliphatic hydroxyl groups excluding tert-OH is 1. The SMILES string of the molecule is CC(=O)/C(Oc1ccc([N+](=O)[O-])cc1)=C(/C)O. The minimum absolute atomic E-state index is 0.0774. The summed E-state index contributed by atoms with van der Waals surface area (Å²) in [4.78, 5) is 21.0. The van der Waals surface area contributed by atoms with Crippen LogP contribution in [-0.4, -0.2) is 15.8 Å². The first-order valence-electron chi connectivity index (χ1n) is 4.75. The summed E-state index contributed by atoms with van der Waals surface area (Å²) in [7, 11) is 0. The summed E-state index contributed by atoms with van der Waals surface area (Å²) in [5.74, 6) is -0.604. The van der Waals surface area contributed by atoms with E-state index in [-0.39, 0.29) is 23.0 Å². The molecule has 1 rings (SSSR count). The van der Waals surface area contributed by atoms with Crippen LogP contribution in [-0.2, 0) is 4.79 Å². The van der Waals surface area contributed by atoms with E-state index in [4.69, 9.17) is 4.74 Å². The maximum atomic E-state index is 11.1. The average molecular weight is 237 g/mol. The van der Waals surface area contributed by atoms with Crippen LogP contribution in [0.15, 0.2) is 35.8 Å². The molecule has 17 heavy (non-hydrogen) atoms. The Morgan fingerprint density at radius 1 is 1.29 bits per heavy atom. The van der Waals surface area contributed by atoms with Crippen molar-refractivity contribution >= 4 is 11.5 Å². The van der Waals surface area contributed by atoms with E-state index in [1.165, 1.54) is 38.1 Å². The minimum atomic E-state index is -0.539. The highest BCUT2D eigenvalue weighted by Crippen LogP contribution is 2.20. The lowest BCUT2D eigenvalue weighted by atomic mass is 10.3. The molecule has 0 fully saturated rings. The minimum Gasteiger partial charge on any atom is -0.509 e. The zero-order valence-corrected chi connectivity index (χ0v) is 9.34. The van der Waals surface area contributed by atoms with Gasteiger partial charge in [-0.05, 0) is 19.1 Å². The number of carbonyl (C=O) groups excluding carboxylic acids is 1. The molecule has 1 aromatic carbocycles. The molecule has 0 aliphatic carbocycles. The normalized spacial score (nSPS) is 11.6. The zero-order chi connectivity index (χ0) is 13.0. The van der Waals surface area contributed by atoms with Crippen LogP contribution < -0.4 is 4.74 Å². The van der Waals surface area contributed by atoms with Crippen LogP contribution in [0.1, 0.15) is 13.8 Å². The van der Waals surface area contributed by atoms with Gasteiger partial charge >= 0.3 is 0 Å². The van der Waals surface area contributed by atoms with E-state index in [0.717, 1.165) is 0 Å². The first-order valence-corrected chi connectivity index (χ1v) is 4.75. The third kappa shape index (κ3) is 3.30. The van der Waals surface area contributed by atoms with Crippen LogP contribution in [0.25, 0.3) is 0 Å². The van der Waals surface area contributed by atoms with Crippen LogP contribution in [0.4, 0.5) is 5.69 Å². The van der Waals surface area contributed by atoms with Crippen molar-refractivity contribution in [2.24, 2.45) is 0 Å². The number of nitro groups is 1. The van der Waals surface area contributed by atoms with Crippen LogP contribution in [0.5, 0.6) is 5.75 Å². The quantitative estimate of drug-likeness (QED) is 0.375. The second kappa shape index (κ2) is 5.11. The van der Waals surface area contributed by atoms with E-state index >= 15 is 0 Å². The third-order valence-electron chi connectivity index (χ3n) is 1.92. The molecule has 0 unspecified atom stereocenters. The van der Waals surface area contributed by atoms with Crippen molar-refractivity contribution in [3.05, 3.63) is 45.9 Å². The molecule has 0 saturated carbocycles. The lowest BCUT2D eigenvalue weighted by molar-refractivity contribution is -0.384. The number of ketones is 1. The van der Waals surface area contributed by atoms with E-state index in [1.54, 1.807) is 0 Å². The van der Waals surface area contributed by atoms with Gasteiger partial charge in [-0.2, -0.15) is 0 Å². The number of allylic oxidation sites excluding steroid dienone is 2. The Hall–Kier alpha value is -2.37. The number of aliphatic hydroxyl groups is 1. The van der Waals surface area contributed by atoms with Crippen molar-refractivity contribution in [2.45, 2.75) is 13.8 Å². The Labute approximate surface area is 97.3 Å². The largest absolute Gasteiger partial charge is 0.509 e. The number of hydrogen-bond donors (Lipinski definition) is 1. The van der Waals surface area contributed by atoms with Crippen molar-refractivity contribution in [2.75, 3.05) is 0 Å². The Kier molecular flexibility index (Phi) is 3.82. The maximum absolute atomic E-state index is 11.1. The highest BCUT2D eigenvalue weighted by atomic mass is 16.6. The molecule has 6 nitrogen and oxygen atoms in total. The van der Waals surface area contributed by atoms with Crippen LogP contribution in [0.3, 0.4) is 0 Å². The molecule has 0 aromatic heterocycles. The second-order valence-corrected chi connectivity index (χ2v) is 3.32. The van der Waals surface area contributed by atoms with E-state index in [9.17, 15) is 20.0 Å². The lowest BCUT2D eigenvalue weighted by Gasteiger charge is -2.07. The maximum Gasteiger partial charge on any atom is 0.269 e. The molecule has 90 valence electrons. The standard InChI is InChI=1S/C11H11NO5/c1-7(13)11(8(2)14)17-10-5-3-9(4-6-10)12(15)16/h3-6,13H,1-2H3/b11-7+. The average Bonchev–Trinajstić information content (AvgIpc) is 2.25. The van der Waals surface area contributed by atoms with Gasteiger partial charge in [0, 0.05) is 19.1 Å². The number of rotatable bonds is 4. The molecule has 0 spiro atoms. The highest BCUT2D eigenvalue weighted by Gasteiger charge is 2.12. The van der Waals surface area contributed by atoms with Gasteiger partial charge in [-0.15, -0.1) is 0 Å². The number of nitrogens with zero attached hydrogens (tertiary/aromatic N) is 1. The number of benzene rings is 1. The van der Waals surface area contributed by atoms with Crippen molar-refractivity contribution in [1.29, 1.82) is 0 Å². The Balaban J connectivity index is 2.93. The first-order chi connectivity index (χ1) is 7.91. The molecule has 1 aromatic rings. The molecule has 6 heteroatoms. The molecule has 0 radical (unpaired) electrons. The second-order valence-electron chi connectivity index (χ2n) is 3.32. The molecule has 0 aliphatic heterocycles. The van der Waals surface area contributed by atoms with Gasteiger partial charge in [0.05, 0.1) is 4.92 Å². The zero-order valence-electron chi connectivity index (χ0n) is 9.34. The third-order valence-corrected chi connectivity index (χ3v) is 1.92. The van der Waals surface area contributed by atoms with Crippen molar-refractivity contribution in [1.82, 2.24) is 0 Å². The summed E-state index contributed by atoms with van der Waals surface area (Å²) in [6.07, 6.45) is 0. The molecular weight excluding hydrogens is 226 g/mol. The van der Waals surface area contributed by atoms with E-state index in [2.05, 4.69) is 0 Å². The molecule has 0 amide bonds.